The largest absolute Gasteiger partial charge is 0.398 e. The maximum atomic E-state index is 12.5. The number of nitrogens with one attached hydrogen (secondary N) is 1. The highest BCUT2D eigenvalue weighted by Gasteiger charge is 2.29. The maximum Gasteiger partial charge on any atom is 0.246 e. The molecular weight excluding hydrogens is 337 g/mol. The van der Waals surface area contributed by atoms with Gasteiger partial charge in [-0.15, -0.1) is 0 Å². The fourth-order valence-corrected chi connectivity index (χ4v) is 4.02. The molecule has 0 saturated heterocycles. The van der Waals surface area contributed by atoms with Crippen LogP contribution in [0.25, 0.3) is 0 Å². The summed E-state index contributed by atoms with van der Waals surface area (Å²) in [5.41, 5.74) is 5.67. The minimum Gasteiger partial charge on any atom is -0.398 e. The molecule has 6 nitrogen and oxygen atoms in total. The van der Waals surface area contributed by atoms with E-state index in [-0.39, 0.29) is 33.1 Å². The Bertz CT molecular complexity index is 626. The van der Waals surface area contributed by atoms with Crippen molar-refractivity contribution >= 4 is 44.8 Å². The summed E-state index contributed by atoms with van der Waals surface area (Å²) in [7, 11) is -1.07. The molecular formula is C12H17Cl2N3O3S. The molecule has 0 bridgehead atoms. The molecule has 118 valence electrons. The van der Waals surface area contributed by atoms with E-state index in [1.165, 1.54) is 26.2 Å². The van der Waals surface area contributed by atoms with Crippen LogP contribution in [0.3, 0.4) is 0 Å². The lowest BCUT2D eigenvalue weighted by Gasteiger charge is -2.22. The Hall–Kier alpha value is -1.02. The average molecular weight is 354 g/mol. The van der Waals surface area contributed by atoms with Gasteiger partial charge in [0.25, 0.3) is 0 Å². The number of rotatable bonds is 5. The van der Waals surface area contributed by atoms with Crippen LogP contribution in [-0.2, 0) is 14.8 Å². The quantitative estimate of drug-likeness (QED) is 0.786. The zero-order chi connectivity index (χ0) is 16.4. The first-order valence-electron chi connectivity index (χ1n) is 6.03. The molecule has 1 aromatic rings. The molecule has 1 atom stereocenters. The van der Waals surface area contributed by atoms with E-state index in [4.69, 9.17) is 28.9 Å². The summed E-state index contributed by atoms with van der Waals surface area (Å²) >= 11 is 11.7. The predicted molar refractivity (Wildman–Crippen MR) is 83.9 cm³/mol. The van der Waals surface area contributed by atoms with Gasteiger partial charge >= 0.3 is 0 Å². The summed E-state index contributed by atoms with van der Waals surface area (Å²) in [6.45, 7) is 1.62. The zero-order valence-electron chi connectivity index (χ0n) is 11.9. The highest BCUT2D eigenvalue weighted by Crippen LogP contribution is 2.33. The van der Waals surface area contributed by atoms with Gasteiger partial charge < -0.3 is 11.1 Å². The molecule has 0 fully saturated rings. The Balaban J connectivity index is 3.15. The second-order valence-electron chi connectivity index (χ2n) is 4.61. The molecule has 1 rings (SSSR count). The number of hydrogen-bond acceptors (Lipinski definition) is 4. The van der Waals surface area contributed by atoms with Crippen LogP contribution in [0.15, 0.2) is 17.0 Å². The van der Waals surface area contributed by atoms with Crippen LogP contribution < -0.4 is 11.1 Å². The van der Waals surface area contributed by atoms with Crippen molar-refractivity contribution < 1.29 is 13.2 Å². The van der Waals surface area contributed by atoms with Crippen LogP contribution in [-0.4, -0.2) is 39.3 Å². The van der Waals surface area contributed by atoms with Crippen molar-refractivity contribution in [2.45, 2.75) is 11.8 Å². The molecule has 1 aromatic carbocycles. The number of nitrogens with two attached hydrogens (primary N) is 1. The molecule has 0 saturated carbocycles. The van der Waals surface area contributed by atoms with Crippen molar-refractivity contribution in [3.63, 3.8) is 0 Å². The lowest BCUT2D eigenvalue weighted by atomic mass is 10.2. The number of sulfonamides is 1. The number of carbonyl (C=O) groups excluding carboxylic acids is 1. The molecule has 3 N–H and O–H groups in total. The van der Waals surface area contributed by atoms with Crippen LogP contribution in [0.2, 0.25) is 10.0 Å². The summed E-state index contributed by atoms with van der Waals surface area (Å²) in [5.74, 6) is -0.769. The van der Waals surface area contributed by atoms with Crippen molar-refractivity contribution in [3.05, 3.63) is 22.2 Å². The van der Waals surface area contributed by atoms with E-state index >= 15 is 0 Å². The summed E-state index contributed by atoms with van der Waals surface area (Å²) in [4.78, 5) is 11.3. The first-order valence-corrected chi connectivity index (χ1v) is 8.23. The number of carbonyl (C=O) groups is 1. The third-order valence-electron chi connectivity index (χ3n) is 2.93. The SMILES string of the molecule is CNC(=O)C(C)CN(C)S(=O)(=O)c1c(N)cc(Cl)cc1Cl. The molecule has 0 aromatic heterocycles. The molecule has 1 unspecified atom stereocenters. The number of nitrogen functional groups attached to an aromatic ring is 1. The number of anilines is 1. The molecule has 0 radical (unpaired) electrons. The van der Waals surface area contributed by atoms with Gasteiger partial charge in [-0.3, -0.25) is 4.79 Å². The van der Waals surface area contributed by atoms with Crippen LogP contribution in [0.4, 0.5) is 5.69 Å². The van der Waals surface area contributed by atoms with Gasteiger partial charge in [0.1, 0.15) is 4.90 Å². The van der Waals surface area contributed by atoms with Crippen molar-refractivity contribution in [2.75, 3.05) is 26.4 Å². The fourth-order valence-electron chi connectivity index (χ4n) is 1.82. The van der Waals surface area contributed by atoms with Crippen molar-refractivity contribution in [3.8, 4) is 0 Å². The highest BCUT2D eigenvalue weighted by atomic mass is 35.5. The third kappa shape index (κ3) is 4.00. The van der Waals surface area contributed by atoms with E-state index < -0.39 is 15.9 Å². The maximum absolute atomic E-state index is 12.5. The van der Waals surface area contributed by atoms with Crippen molar-refractivity contribution in [2.24, 2.45) is 5.92 Å². The van der Waals surface area contributed by atoms with E-state index in [1.54, 1.807) is 6.92 Å². The monoisotopic (exact) mass is 353 g/mol. The van der Waals surface area contributed by atoms with Gasteiger partial charge in [-0.05, 0) is 12.1 Å². The first kappa shape index (κ1) is 18.0. The topological polar surface area (TPSA) is 92.5 Å². The van der Waals surface area contributed by atoms with Gasteiger partial charge in [-0.25, -0.2) is 12.7 Å². The molecule has 0 aliphatic heterocycles. The van der Waals surface area contributed by atoms with Crippen LogP contribution in [0, 0.1) is 5.92 Å². The first-order chi connectivity index (χ1) is 9.61. The number of hydrogen-bond donors (Lipinski definition) is 2. The van der Waals surface area contributed by atoms with E-state index in [0.717, 1.165) is 4.31 Å². The minimum atomic E-state index is -3.92. The van der Waals surface area contributed by atoms with Gasteiger partial charge in [0.2, 0.25) is 15.9 Å². The second-order valence-corrected chi connectivity index (χ2v) is 7.43. The summed E-state index contributed by atoms with van der Waals surface area (Å²) in [6.07, 6.45) is 0. The lowest BCUT2D eigenvalue weighted by Crippen LogP contribution is -2.37. The molecule has 21 heavy (non-hydrogen) atoms. The highest BCUT2D eigenvalue weighted by molar-refractivity contribution is 7.89. The number of amides is 1. The zero-order valence-corrected chi connectivity index (χ0v) is 14.2. The lowest BCUT2D eigenvalue weighted by molar-refractivity contribution is -0.124. The van der Waals surface area contributed by atoms with E-state index in [0.29, 0.717) is 0 Å². The molecule has 1 amide bonds. The summed E-state index contributed by atoms with van der Waals surface area (Å²) in [5, 5.41) is 2.65. The number of halogens is 2. The fraction of sp³-hybridized carbons (Fsp3) is 0.417. The van der Waals surface area contributed by atoms with Gasteiger partial charge in [0, 0.05) is 31.6 Å². The smallest absolute Gasteiger partial charge is 0.246 e. The Labute approximate surface area is 134 Å². The predicted octanol–water partition coefficient (Wildman–Crippen LogP) is 1.58. The Morgan fingerprint density at radius 2 is 2.00 bits per heavy atom. The molecule has 9 heteroatoms. The summed E-state index contributed by atoms with van der Waals surface area (Å²) in [6, 6.07) is 2.62. The van der Waals surface area contributed by atoms with Gasteiger partial charge in [0.15, 0.2) is 0 Å². The van der Waals surface area contributed by atoms with Crippen molar-refractivity contribution in [1.82, 2.24) is 9.62 Å². The van der Waals surface area contributed by atoms with Crippen LogP contribution >= 0.6 is 23.2 Å². The number of nitrogens with zero attached hydrogens (tertiary/aromatic N) is 1. The number of benzene rings is 1. The van der Waals surface area contributed by atoms with Crippen LogP contribution in [0.1, 0.15) is 6.92 Å². The molecule has 0 aliphatic rings. The van der Waals surface area contributed by atoms with Gasteiger partial charge in [0.05, 0.1) is 10.7 Å². The van der Waals surface area contributed by atoms with Gasteiger partial charge in [-0.2, -0.15) is 0 Å². The normalized spacial score (nSPS) is 13.2. The molecule has 0 spiro atoms. The standard InChI is InChI=1S/C12H17Cl2N3O3S/c1-7(12(18)16-2)6-17(3)21(19,20)11-9(14)4-8(13)5-10(11)15/h4-5,7H,6,15H2,1-3H3,(H,16,18). The molecule has 0 aliphatic carbocycles. The van der Waals surface area contributed by atoms with Gasteiger partial charge in [-0.1, -0.05) is 30.1 Å². The molecule has 0 heterocycles. The van der Waals surface area contributed by atoms with E-state index in [9.17, 15) is 13.2 Å². The third-order valence-corrected chi connectivity index (χ3v) is 5.50. The van der Waals surface area contributed by atoms with E-state index in [1.807, 2.05) is 0 Å². The van der Waals surface area contributed by atoms with E-state index in [2.05, 4.69) is 5.32 Å². The Morgan fingerprint density at radius 1 is 1.43 bits per heavy atom. The Morgan fingerprint density at radius 3 is 2.48 bits per heavy atom. The minimum absolute atomic E-state index is 0.000399. The van der Waals surface area contributed by atoms with Crippen LogP contribution in [0.5, 0.6) is 0 Å². The van der Waals surface area contributed by atoms with Crippen molar-refractivity contribution in [1.29, 1.82) is 0 Å². The second kappa shape index (κ2) is 6.83. The average Bonchev–Trinajstić information content (AvgIpc) is 2.35. The Kier molecular flexibility index (Phi) is 5.86. The summed E-state index contributed by atoms with van der Waals surface area (Å²) < 4.78 is 26.1.